The number of nitrogens with zero attached hydrogens (tertiary/aromatic N) is 3. The summed E-state index contributed by atoms with van der Waals surface area (Å²) in [5.74, 6) is 1.89. The molecule has 0 saturated heterocycles. The number of nitrogens with one attached hydrogen (secondary N) is 1. The number of aromatic nitrogens is 3. The Kier molecular flexibility index (Phi) is 3.89. The minimum absolute atomic E-state index is 0.739. The quantitative estimate of drug-likeness (QED) is 0.746. The van der Waals surface area contributed by atoms with Crippen LogP contribution in [0.4, 0.5) is 0 Å². The van der Waals surface area contributed by atoms with Crippen LogP contribution in [0, 0.1) is 0 Å². The lowest BCUT2D eigenvalue weighted by Crippen LogP contribution is -2.22. The Morgan fingerprint density at radius 2 is 2.10 bits per heavy atom. The molecule has 3 aromatic heterocycles. The molecule has 0 spiro atoms. The summed E-state index contributed by atoms with van der Waals surface area (Å²) in [6.45, 7) is 2.28. The second-order valence-electron chi connectivity index (χ2n) is 4.62. The van der Waals surface area contributed by atoms with Crippen LogP contribution in [-0.4, -0.2) is 19.9 Å². The molecule has 0 aliphatic carbocycles. The Bertz CT molecular complexity index is 568. The van der Waals surface area contributed by atoms with Crippen molar-refractivity contribution in [3.63, 3.8) is 0 Å². The normalized spacial score (nSPS) is 11.1. The number of furan rings is 1. The van der Waals surface area contributed by atoms with Gasteiger partial charge in [0.1, 0.15) is 11.6 Å². The summed E-state index contributed by atoms with van der Waals surface area (Å²) >= 11 is 0. The van der Waals surface area contributed by atoms with Crippen LogP contribution in [0.1, 0.15) is 17.1 Å². The van der Waals surface area contributed by atoms with E-state index >= 15 is 0 Å². The van der Waals surface area contributed by atoms with Crippen LogP contribution in [0.15, 0.2) is 59.7 Å². The lowest BCUT2D eigenvalue weighted by molar-refractivity contribution is 0.222. The molecule has 0 fully saturated rings. The van der Waals surface area contributed by atoms with Gasteiger partial charge in [-0.2, -0.15) is 0 Å². The number of H-pyrrole nitrogens is 1. The van der Waals surface area contributed by atoms with E-state index in [0.717, 1.165) is 31.2 Å². The summed E-state index contributed by atoms with van der Waals surface area (Å²) in [7, 11) is 0. The van der Waals surface area contributed by atoms with E-state index in [1.54, 1.807) is 18.7 Å². The third-order valence-electron chi connectivity index (χ3n) is 3.02. The maximum Gasteiger partial charge on any atom is 0.120 e. The van der Waals surface area contributed by atoms with Crippen LogP contribution in [0.25, 0.3) is 0 Å². The second kappa shape index (κ2) is 6.16. The number of pyridine rings is 1. The zero-order valence-electron chi connectivity index (χ0n) is 11.1. The first-order chi connectivity index (χ1) is 9.90. The molecule has 5 heteroatoms. The summed E-state index contributed by atoms with van der Waals surface area (Å²) in [4.78, 5) is 13.8. The van der Waals surface area contributed by atoms with Gasteiger partial charge in [-0.05, 0) is 23.8 Å². The van der Waals surface area contributed by atoms with Crippen molar-refractivity contribution in [2.45, 2.75) is 19.6 Å². The first-order valence-electron chi connectivity index (χ1n) is 6.52. The van der Waals surface area contributed by atoms with E-state index in [1.807, 2.05) is 30.6 Å². The van der Waals surface area contributed by atoms with Gasteiger partial charge in [-0.1, -0.05) is 6.07 Å². The van der Waals surface area contributed by atoms with E-state index in [0.29, 0.717) is 0 Å². The zero-order valence-corrected chi connectivity index (χ0v) is 11.1. The molecular weight excluding hydrogens is 252 g/mol. The van der Waals surface area contributed by atoms with Gasteiger partial charge in [-0.15, -0.1) is 0 Å². The topological polar surface area (TPSA) is 58.0 Å². The van der Waals surface area contributed by atoms with Crippen molar-refractivity contribution in [3.8, 4) is 0 Å². The van der Waals surface area contributed by atoms with Gasteiger partial charge in [-0.25, -0.2) is 4.98 Å². The number of hydrogen-bond donors (Lipinski definition) is 1. The van der Waals surface area contributed by atoms with Crippen molar-refractivity contribution >= 4 is 0 Å². The van der Waals surface area contributed by atoms with Crippen LogP contribution in [0.2, 0.25) is 0 Å². The van der Waals surface area contributed by atoms with Gasteiger partial charge in [0.05, 0.1) is 19.4 Å². The molecule has 102 valence electrons. The van der Waals surface area contributed by atoms with E-state index in [1.165, 1.54) is 5.56 Å². The molecule has 0 radical (unpaired) electrons. The zero-order chi connectivity index (χ0) is 13.6. The molecule has 5 nitrogen and oxygen atoms in total. The average molecular weight is 268 g/mol. The number of hydrogen-bond acceptors (Lipinski definition) is 4. The summed E-state index contributed by atoms with van der Waals surface area (Å²) in [6.07, 6.45) is 8.98. The molecule has 0 aliphatic rings. The smallest absolute Gasteiger partial charge is 0.120 e. The third kappa shape index (κ3) is 3.33. The highest BCUT2D eigenvalue weighted by molar-refractivity contribution is 5.09. The van der Waals surface area contributed by atoms with E-state index in [4.69, 9.17) is 4.42 Å². The summed E-state index contributed by atoms with van der Waals surface area (Å²) in [5.41, 5.74) is 1.17. The highest BCUT2D eigenvalue weighted by Crippen LogP contribution is 2.12. The molecule has 0 aromatic carbocycles. The Labute approximate surface area is 117 Å². The number of imidazole rings is 1. The summed E-state index contributed by atoms with van der Waals surface area (Å²) < 4.78 is 5.43. The third-order valence-corrected chi connectivity index (χ3v) is 3.02. The Morgan fingerprint density at radius 1 is 1.10 bits per heavy atom. The van der Waals surface area contributed by atoms with Gasteiger partial charge in [0, 0.05) is 31.3 Å². The first kappa shape index (κ1) is 12.6. The van der Waals surface area contributed by atoms with Gasteiger partial charge in [0.25, 0.3) is 0 Å². The monoisotopic (exact) mass is 268 g/mol. The fourth-order valence-corrected chi connectivity index (χ4v) is 2.14. The SMILES string of the molecule is c1cncc(CN(Cc2ncc[nH]2)Cc2ccco2)c1. The largest absolute Gasteiger partial charge is 0.468 e. The van der Waals surface area contributed by atoms with Gasteiger partial charge in [0.15, 0.2) is 0 Å². The predicted octanol–water partition coefficient (Wildman–Crippen LogP) is 2.60. The van der Waals surface area contributed by atoms with E-state index in [9.17, 15) is 0 Å². The second-order valence-corrected chi connectivity index (χ2v) is 4.62. The van der Waals surface area contributed by atoms with E-state index in [2.05, 4.69) is 25.9 Å². The minimum Gasteiger partial charge on any atom is -0.468 e. The van der Waals surface area contributed by atoms with Crippen molar-refractivity contribution in [3.05, 3.63) is 72.5 Å². The molecular formula is C15H16N4O. The van der Waals surface area contributed by atoms with Crippen LogP contribution in [0.3, 0.4) is 0 Å². The minimum atomic E-state index is 0.739. The van der Waals surface area contributed by atoms with Crippen molar-refractivity contribution in [2.24, 2.45) is 0 Å². The van der Waals surface area contributed by atoms with E-state index < -0.39 is 0 Å². The molecule has 0 atom stereocenters. The van der Waals surface area contributed by atoms with E-state index in [-0.39, 0.29) is 0 Å². The molecule has 3 aromatic rings. The highest BCUT2D eigenvalue weighted by Gasteiger charge is 2.11. The fraction of sp³-hybridized carbons (Fsp3) is 0.200. The number of rotatable bonds is 6. The van der Waals surface area contributed by atoms with Crippen molar-refractivity contribution < 1.29 is 4.42 Å². The summed E-state index contributed by atoms with van der Waals surface area (Å²) in [6, 6.07) is 7.92. The Hall–Kier alpha value is -2.40. The molecule has 1 N–H and O–H groups in total. The molecule has 0 saturated carbocycles. The molecule has 0 unspecified atom stereocenters. The first-order valence-corrected chi connectivity index (χ1v) is 6.52. The van der Waals surface area contributed by atoms with Crippen LogP contribution in [0.5, 0.6) is 0 Å². The standard InChI is InChI=1S/C15H16N4O/c1-3-13(9-16-5-1)10-19(11-14-4-2-8-20-14)12-15-17-6-7-18-15/h1-9H,10-12H2,(H,17,18). The van der Waals surface area contributed by atoms with Gasteiger partial charge in [-0.3, -0.25) is 9.88 Å². The Morgan fingerprint density at radius 3 is 2.80 bits per heavy atom. The predicted molar refractivity (Wildman–Crippen MR) is 74.5 cm³/mol. The van der Waals surface area contributed by atoms with Crippen LogP contribution >= 0.6 is 0 Å². The summed E-state index contributed by atoms with van der Waals surface area (Å²) in [5, 5.41) is 0. The van der Waals surface area contributed by atoms with Gasteiger partial charge in [0.2, 0.25) is 0 Å². The average Bonchev–Trinajstić information content (AvgIpc) is 3.13. The van der Waals surface area contributed by atoms with Crippen molar-refractivity contribution in [1.82, 2.24) is 19.9 Å². The molecule has 20 heavy (non-hydrogen) atoms. The van der Waals surface area contributed by atoms with Gasteiger partial charge < -0.3 is 9.40 Å². The highest BCUT2D eigenvalue weighted by atomic mass is 16.3. The van der Waals surface area contributed by atoms with Crippen molar-refractivity contribution in [1.29, 1.82) is 0 Å². The molecule has 0 bridgehead atoms. The lowest BCUT2D eigenvalue weighted by Gasteiger charge is -2.20. The fourth-order valence-electron chi connectivity index (χ4n) is 2.14. The lowest BCUT2D eigenvalue weighted by atomic mass is 10.2. The maximum absolute atomic E-state index is 5.43. The van der Waals surface area contributed by atoms with Gasteiger partial charge >= 0.3 is 0 Å². The molecule has 0 amide bonds. The number of aromatic amines is 1. The molecule has 3 heterocycles. The maximum atomic E-state index is 5.43. The van der Waals surface area contributed by atoms with Crippen molar-refractivity contribution in [2.75, 3.05) is 0 Å². The van der Waals surface area contributed by atoms with Crippen LogP contribution in [-0.2, 0) is 19.6 Å². The molecule has 0 aliphatic heterocycles. The molecule has 3 rings (SSSR count). The van der Waals surface area contributed by atoms with Crippen LogP contribution < -0.4 is 0 Å². The Balaban J connectivity index is 1.72.